The minimum Gasteiger partial charge on any atom is -0.487 e. The van der Waals surface area contributed by atoms with Crippen LogP contribution in [0.2, 0.25) is 10.0 Å². The van der Waals surface area contributed by atoms with Gasteiger partial charge < -0.3 is 24.8 Å². The van der Waals surface area contributed by atoms with Crippen LogP contribution in [0.25, 0.3) is 6.08 Å². The van der Waals surface area contributed by atoms with E-state index in [1.165, 1.54) is 12.1 Å². The van der Waals surface area contributed by atoms with Gasteiger partial charge in [-0.25, -0.2) is 17.9 Å². The van der Waals surface area contributed by atoms with Crippen LogP contribution in [-0.2, 0) is 30.8 Å². The Morgan fingerprint density at radius 2 is 1.79 bits per heavy atom. The molecular weight excluding hydrogens is 700 g/mol. The first-order valence-corrected chi connectivity index (χ1v) is 16.9. The second kappa shape index (κ2) is 13.7. The molecule has 0 spiro atoms. The number of halogens is 5. The number of carbonyl (C=O) groups excluding carboxylic acids is 2. The number of hydrogen-bond donors (Lipinski definition) is 4. The molecule has 2 aliphatic heterocycles. The van der Waals surface area contributed by atoms with E-state index in [4.69, 9.17) is 42.8 Å². The predicted octanol–water partition coefficient (Wildman–Crippen LogP) is 5.28. The van der Waals surface area contributed by atoms with Crippen molar-refractivity contribution in [1.82, 2.24) is 15.4 Å². The van der Waals surface area contributed by atoms with Gasteiger partial charge in [0.05, 0.1) is 22.6 Å². The highest BCUT2D eigenvalue weighted by molar-refractivity contribution is 7.90. The molecule has 0 saturated carbocycles. The van der Waals surface area contributed by atoms with Gasteiger partial charge in [-0.2, -0.15) is 13.2 Å². The van der Waals surface area contributed by atoms with Crippen molar-refractivity contribution in [2.45, 2.75) is 82.7 Å². The monoisotopic (exact) mass is 734 g/mol. The van der Waals surface area contributed by atoms with Gasteiger partial charge in [0.15, 0.2) is 0 Å². The van der Waals surface area contributed by atoms with E-state index < -0.39 is 57.4 Å². The Hall–Kier alpha value is -3.69. The van der Waals surface area contributed by atoms with Crippen LogP contribution in [0.5, 0.6) is 11.5 Å². The van der Waals surface area contributed by atoms with Crippen molar-refractivity contribution < 1.29 is 45.4 Å². The molecule has 0 aliphatic carbocycles. The molecule has 0 radical (unpaired) electrons. The molecule has 2 aromatic rings. The molecule has 4 rings (SSSR count). The van der Waals surface area contributed by atoms with Crippen molar-refractivity contribution in [2.75, 3.05) is 13.7 Å². The first-order valence-electron chi connectivity index (χ1n) is 14.7. The molecule has 262 valence electrons. The fourth-order valence-corrected chi connectivity index (χ4v) is 7.76. The van der Waals surface area contributed by atoms with E-state index in [9.17, 15) is 31.2 Å². The van der Waals surface area contributed by atoms with Gasteiger partial charge in [0.1, 0.15) is 23.1 Å². The van der Waals surface area contributed by atoms with Crippen molar-refractivity contribution in [3.63, 3.8) is 0 Å². The van der Waals surface area contributed by atoms with E-state index in [-0.39, 0.29) is 45.6 Å². The normalized spacial score (nSPS) is 17.1. The Labute approximate surface area is 286 Å². The summed E-state index contributed by atoms with van der Waals surface area (Å²) in [6, 6.07) is 1.09. The zero-order valence-corrected chi connectivity index (χ0v) is 29.2. The van der Waals surface area contributed by atoms with Gasteiger partial charge >= 0.3 is 12.1 Å². The second-order valence-electron chi connectivity index (χ2n) is 12.1. The summed E-state index contributed by atoms with van der Waals surface area (Å²) in [4.78, 5) is 25.6. The third-order valence-corrected chi connectivity index (χ3v) is 10.1. The zero-order chi connectivity index (χ0) is 35.9. The lowest BCUT2D eigenvalue weighted by atomic mass is 9.94. The van der Waals surface area contributed by atoms with Crippen LogP contribution in [-0.4, -0.2) is 63.8 Å². The van der Waals surface area contributed by atoms with Crippen molar-refractivity contribution in [3.05, 3.63) is 55.6 Å². The Bertz CT molecular complexity index is 1810. The number of carbonyl (C=O) groups is 2. The summed E-state index contributed by atoms with van der Waals surface area (Å²) in [5, 5.41) is 13.0. The zero-order valence-electron chi connectivity index (χ0n) is 26.9. The molecule has 0 aromatic heterocycles. The van der Waals surface area contributed by atoms with E-state index in [0.717, 1.165) is 18.7 Å². The van der Waals surface area contributed by atoms with Crippen molar-refractivity contribution in [3.8, 4) is 11.5 Å². The summed E-state index contributed by atoms with van der Waals surface area (Å²) in [5.74, 6) is -2.36. The summed E-state index contributed by atoms with van der Waals surface area (Å²) in [6.45, 7) is 8.92. The maximum Gasteiger partial charge on any atom is 0.429 e. The Balaban J connectivity index is 1.42. The smallest absolute Gasteiger partial charge is 0.429 e. The lowest BCUT2D eigenvalue weighted by Gasteiger charge is -2.29. The predicted molar refractivity (Wildman–Crippen MR) is 173 cm³/mol. The molecule has 2 aromatic carbocycles. The first-order chi connectivity index (χ1) is 22.2. The third-order valence-electron chi connectivity index (χ3n) is 7.99. The lowest BCUT2D eigenvalue weighted by Crippen LogP contribution is -2.48. The first kappa shape index (κ1) is 37.1. The standard InChI is InChI=1S/C31H35Cl2F3N4O7S/c1-14-15(2)25(16(3)20-13-30(4,5)47-23(14)20)48(43,44)40-29(37)38-9-7-8-22(28(42)45-6)39-27(41)19-11-17-10-18(32)12-21(33)24(17)46-26(19)31(34,35)36/h10-12,22,26H,7-9,13H2,1-6H3,(H,39,41)(H3,37,38,40)/t22-,26?/m0/s1. The number of rotatable bonds is 9. The van der Waals surface area contributed by atoms with Gasteiger partial charge in [-0.15, -0.1) is 0 Å². The number of guanidine groups is 1. The molecule has 2 heterocycles. The van der Waals surface area contributed by atoms with Crippen LogP contribution >= 0.6 is 23.2 Å². The van der Waals surface area contributed by atoms with Gasteiger partial charge in [-0.05, 0) is 82.4 Å². The largest absolute Gasteiger partial charge is 0.487 e. The fraction of sp³-hybridized carbons (Fsp3) is 0.452. The molecule has 1 unspecified atom stereocenters. The number of amides is 1. The Morgan fingerprint density at radius 1 is 1.12 bits per heavy atom. The minimum absolute atomic E-state index is 0.0375. The molecule has 17 heteroatoms. The van der Waals surface area contributed by atoms with Crippen molar-refractivity contribution >= 4 is 57.1 Å². The number of ether oxygens (including phenoxy) is 3. The number of benzene rings is 2. The number of methoxy groups -OCH3 is 1. The Kier molecular flexibility index (Phi) is 10.6. The maximum absolute atomic E-state index is 13.9. The van der Waals surface area contributed by atoms with E-state index >= 15 is 0 Å². The molecule has 11 nitrogen and oxygen atoms in total. The highest BCUT2D eigenvalue weighted by atomic mass is 35.5. The van der Waals surface area contributed by atoms with Gasteiger partial charge in [0, 0.05) is 29.1 Å². The average molecular weight is 736 g/mol. The van der Waals surface area contributed by atoms with Crippen LogP contribution < -0.4 is 24.8 Å². The van der Waals surface area contributed by atoms with Crippen LogP contribution in [0.1, 0.15) is 54.5 Å². The highest BCUT2D eigenvalue weighted by Crippen LogP contribution is 2.44. The van der Waals surface area contributed by atoms with E-state index in [2.05, 4.69) is 15.4 Å². The number of hydrogen-bond acceptors (Lipinski definition) is 8. The topological polar surface area (TPSA) is 156 Å². The Morgan fingerprint density at radius 3 is 2.42 bits per heavy atom. The summed E-state index contributed by atoms with van der Waals surface area (Å²) in [7, 11) is -3.15. The molecule has 4 N–H and O–H groups in total. The quantitative estimate of drug-likeness (QED) is 0.117. The number of alkyl halides is 3. The minimum atomic E-state index is -5.01. The second-order valence-corrected chi connectivity index (χ2v) is 14.6. The van der Waals surface area contributed by atoms with Crippen molar-refractivity contribution in [2.24, 2.45) is 0 Å². The van der Waals surface area contributed by atoms with Gasteiger partial charge in [-0.1, -0.05) is 23.2 Å². The molecule has 0 fully saturated rings. The van der Waals surface area contributed by atoms with Gasteiger partial charge in [0.2, 0.25) is 12.1 Å². The molecular formula is C31H35Cl2F3N4O7S. The number of nitrogens with one attached hydrogen (secondary N) is 4. The van der Waals surface area contributed by atoms with Crippen LogP contribution in [0.4, 0.5) is 13.2 Å². The van der Waals surface area contributed by atoms with Gasteiger partial charge in [-0.3, -0.25) is 10.2 Å². The molecule has 2 atom stereocenters. The van der Waals surface area contributed by atoms with Crippen molar-refractivity contribution in [1.29, 1.82) is 5.41 Å². The van der Waals surface area contributed by atoms with Crippen LogP contribution in [0, 0.1) is 26.2 Å². The molecule has 2 aliphatic rings. The van der Waals surface area contributed by atoms with E-state index in [0.29, 0.717) is 28.9 Å². The lowest BCUT2D eigenvalue weighted by molar-refractivity contribution is -0.185. The molecule has 0 saturated heterocycles. The number of esters is 1. The fourth-order valence-electron chi connectivity index (χ4n) is 5.69. The van der Waals surface area contributed by atoms with E-state index in [1.54, 1.807) is 20.8 Å². The SMILES string of the molecule is COC(=O)[C@H](CCCNC(=N)NS(=O)(=O)c1c(C)c(C)c2c(c1C)CC(C)(C)O2)NC(=O)C1=Cc2cc(Cl)cc(Cl)c2OC1C(F)(F)F. The van der Waals surface area contributed by atoms with Gasteiger partial charge in [0.25, 0.3) is 15.9 Å². The molecule has 0 bridgehead atoms. The maximum atomic E-state index is 13.9. The van der Waals surface area contributed by atoms with E-state index in [1.807, 2.05) is 13.8 Å². The summed E-state index contributed by atoms with van der Waals surface area (Å²) in [5.41, 5.74) is 1.19. The molecule has 48 heavy (non-hydrogen) atoms. The molecule has 1 amide bonds. The summed E-state index contributed by atoms with van der Waals surface area (Å²) >= 11 is 12.0. The summed E-state index contributed by atoms with van der Waals surface area (Å²) in [6.07, 6.45) is -6.31. The van der Waals surface area contributed by atoms with Crippen LogP contribution in [0.15, 0.2) is 22.6 Å². The summed E-state index contributed by atoms with van der Waals surface area (Å²) < 4.78 is 86.7. The number of fused-ring (bicyclic) bond motifs is 2. The number of sulfonamides is 1. The highest BCUT2D eigenvalue weighted by Gasteiger charge is 2.49. The average Bonchev–Trinajstić information content (AvgIpc) is 3.31. The third kappa shape index (κ3) is 7.78. The van der Waals surface area contributed by atoms with Crippen LogP contribution in [0.3, 0.4) is 0 Å².